The lowest BCUT2D eigenvalue weighted by atomic mass is 10.2. The zero-order chi connectivity index (χ0) is 19.1. The van der Waals surface area contributed by atoms with Gasteiger partial charge in [0.25, 0.3) is 0 Å². The summed E-state index contributed by atoms with van der Waals surface area (Å²) in [5, 5.41) is 18.5. The first-order chi connectivity index (χ1) is 12.4. The molecule has 2 amide bonds. The van der Waals surface area contributed by atoms with Gasteiger partial charge in [-0.15, -0.1) is 11.3 Å². The van der Waals surface area contributed by atoms with Crippen molar-refractivity contribution in [2.24, 2.45) is 0 Å². The topological polar surface area (TPSA) is 103 Å². The lowest BCUT2D eigenvalue weighted by molar-refractivity contribution is -0.136. The van der Waals surface area contributed by atoms with Crippen LogP contribution in [0.25, 0.3) is 0 Å². The maximum Gasteiger partial charge on any atom is 0.313 e. The van der Waals surface area contributed by atoms with Crippen LogP contribution >= 0.6 is 22.9 Å². The van der Waals surface area contributed by atoms with Crippen LogP contribution in [0.2, 0.25) is 5.02 Å². The number of anilines is 1. The van der Waals surface area contributed by atoms with Gasteiger partial charge in [0.1, 0.15) is 5.01 Å². The maximum absolute atomic E-state index is 12.3. The van der Waals surface area contributed by atoms with Crippen LogP contribution in [0.3, 0.4) is 0 Å². The van der Waals surface area contributed by atoms with Crippen LogP contribution in [0.1, 0.15) is 21.6 Å². The quantitative estimate of drug-likeness (QED) is 0.533. The van der Waals surface area contributed by atoms with Crippen LogP contribution in [0.5, 0.6) is 0 Å². The number of hydrogen-bond donors (Lipinski definition) is 4. The average Bonchev–Trinajstić information content (AvgIpc) is 2.97. The summed E-state index contributed by atoms with van der Waals surface area (Å²) in [6.07, 6.45) is 0.515. The lowest BCUT2D eigenvalue weighted by Crippen LogP contribution is -2.40. The van der Waals surface area contributed by atoms with Gasteiger partial charge in [0.2, 0.25) is 0 Å². The number of aliphatic hydroxyl groups is 1. The van der Waals surface area contributed by atoms with Crippen molar-refractivity contribution in [3.05, 3.63) is 44.9 Å². The number of carbonyl (C=O) groups excluding carboxylic acids is 2. The number of amides is 2. The summed E-state index contributed by atoms with van der Waals surface area (Å²) >= 11 is 7.22. The molecule has 0 spiro atoms. The Kier molecular flexibility index (Phi) is 7.52. The molecule has 0 aliphatic carbocycles. The molecule has 26 heavy (non-hydrogen) atoms. The largest absolute Gasteiger partial charge is 0.396 e. The summed E-state index contributed by atoms with van der Waals surface area (Å²) in [7, 11) is 1.75. The molecule has 1 heterocycles. The molecule has 140 valence electrons. The Morgan fingerprint density at radius 2 is 1.96 bits per heavy atom. The highest BCUT2D eigenvalue weighted by molar-refractivity contribution is 7.11. The first-order valence-electron chi connectivity index (χ1n) is 8.03. The second-order valence-corrected chi connectivity index (χ2v) is 7.13. The Balaban J connectivity index is 2.05. The molecule has 0 saturated heterocycles. The maximum atomic E-state index is 12.3. The van der Waals surface area contributed by atoms with Gasteiger partial charge in [0, 0.05) is 35.2 Å². The molecule has 1 unspecified atom stereocenters. The third kappa shape index (κ3) is 5.50. The number of halogens is 1. The Morgan fingerprint density at radius 1 is 1.27 bits per heavy atom. The molecule has 0 aliphatic heterocycles. The van der Waals surface area contributed by atoms with Gasteiger partial charge >= 0.3 is 11.8 Å². The van der Waals surface area contributed by atoms with Crippen molar-refractivity contribution in [1.29, 1.82) is 0 Å². The normalized spacial score (nSPS) is 11.8. The minimum atomic E-state index is -0.766. The van der Waals surface area contributed by atoms with Crippen LogP contribution in [0, 0.1) is 6.92 Å². The smallest absolute Gasteiger partial charge is 0.313 e. The first-order valence-corrected chi connectivity index (χ1v) is 9.23. The fourth-order valence-electron chi connectivity index (χ4n) is 2.28. The van der Waals surface area contributed by atoms with Gasteiger partial charge in [0.15, 0.2) is 0 Å². The highest BCUT2D eigenvalue weighted by Crippen LogP contribution is 2.24. The van der Waals surface area contributed by atoms with Crippen molar-refractivity contribution in [3.8, 4) is 0 Å². The fraction of sp³-hybridized carbons (Fsp3) is 0.353. The van der Waals surface area contributed by atoms with E-state index in [4.69, 9.17) is 16.7 Å². The molecule has 0 radical (unpaired) electrons. The summed E-state index contributed by atoms with van der Waals surface area (Å²) < 4.78 is 0. The van der Waals surface area contributed by atoms with E-state index in [2.05, 4.69) is 20.9 Å². The number of nitrogens with zero attached hydrogens (tertiary/aromatic N) is 1. The van der Waals surface area contributed by atoms with E-state index >= 15 is 0 Å². The van der Waals surface area contributed by atoms with Crippen molar-refractivity contribution in [2.45, 2.75) is 19.4 Å². The highest BCUT2D eigenvalue weighted by Gasteiger charge is 2.23. The number of aliphatic hydroxyl groups excluding tert-OH is 1. The Labute approximate surface area is 160 Å². The van der Waals surface area contributed by atoms with Crippen LogP contribution in [0.15, 0.2) is 24.3 Å². The molecule has 1 atom stereocenters. The minimum absolute atomic E-state index is 0.0367. The summed E-state index contributed by atoms with van der Waals surface area (Å²) in [5.74, 6) is -1.52. The standard InChI is InChI=1S/C17H21ClN4O3S/c1-10-14(7-8-23)26-17(20-10)13(9-19-2)22-16(25)15(24)21-12-5-3-11(18)4-6-12/h3-6,13,19,23H,7-9H2,1-2H3,(H,21,24)(H,22,25). The van der Waals surface area contributed by atoms with E-state index in [9.17, 15) is 9.59 Å². The van der Waals surface area contributed by atoms with Crippen molar-refractivity contribution < 1.29 is 14.7 Å². The number of hydrogen-bond acceptors (Lipinski definition) is 6. The van der Waals surface area contributed by atoms with E-state index in [1.807, 2.05) is 6.92 Å². The van der Waals surface area contributed by atoms with E-state index in [1.54, 1.807) is 31.3 Å². The lowest BCUT2D eigenvalue weighted by Gasteiger charge is -2.16. The Morgan fingerprint density at radius 3 is 2.58 bits per heavy atom. The molecule has 0 saturated carbocycles. The molecule has 0 bridgehead atoms. The molecule has 9 heteroatoms. The van der Waals surface area contributed by atoms with Crippen molar-refractivity contribution >= 4 is 40.4 Å². The molecule has 4 N–H and O–H groups in total. The van der Waals surface area contributed by atoms with Crippen LogP contribution in [0.4, 0.5) is 5.69 Å². The number of benzene rings is 1. The van der Waals surface area contributed by atoms with Gasteiger partial charge in [-0.3, -0.25) is 9.59 Å². The number of thiazole rings is 1. The van der Waals surface area contributed by atoms with Crippen molar-refractivity contribution in [3.63, 3.8) is 0 Å². The van der Waals surface area contributed by atoms with Crippen LogP contribution in [-0.2, 0) is 16.0 Å². The monoisotopic (exact) mass is 396 g/mol. The van der Waals surface area contributed by atoms with E-state index in [0.29, 0.717) is 28.7 Å². The van der Waals surface area contributed by atoms with Gasteiger partial charge in [-0.2, -0.15) is 0 Å². The van der Waals surface area contributed by atoms with Gasteiger partial charge < -0.3 is 21.1 Å². The second kappa shape index (κ2) is 9.63. The zero-order valence-corrected chi connectivity index (χ0v) is 16.1. The summed E-state index contributed by atoms with van der Waals surface area (Å²) in [6, 6.07) is 6.04. The molecule has 2 rings (SSSR count). The number of rotatable bonds is 7. The van der Waals surface area contributed by atoms with Gasteiger partial charge in [-0.05, 0) is 38.2 Å². The Hall–Kier alpha value is -2.00. The van der Waals surface area contributed by atoms with E-state index in [-0.39, 0.29) is 6.61 Å². The summed E-state index contributed by atoms with van der Waals surface area (Å²) in [4.78, 5) is 29.8. The van der Waals surface area contributed by atoms with Gasteiger partial charge in [-0.1, -0.05) is 11.6 Å². The number of aromatic nitrogens is 1. The van der Waals surface area contributed by atoms with Crippen LogP contribution in [-0.4, -0.2) is 42.1 Å². The predicted octanol–water partition coefficient (Wildman–Crippen LogP) is 1.66. The van der Waals surface area contributed by atoms with Gasteiger partial charge in [0.05, 0.1) is 11.7 Å². The first kappa shape index (κ1) is 20.3. The summed E-state index contributed by atoms with van der Waals surface area (Å²) in [5.41, 5.74) is 1.30. The fourth-order valence-corrected chi connectivity index (χ4v) is 3.51. The zero-order valence-electron chi connectivity index (χ0n) is 14.5. The molecule has 7 nitrogen and oxygen atoms in total. The molecule has 2 aromatic rings. The Bertz CT molecular complexity index is 764. The molecule has 1 aromatic heterocycles. The van der Waals surface area contributed by atoms with E-state index in [1.165, 1.54) is 11.3 Å². The average molecular weight is 397 g/mol. The number of carbonyl (C=O) groups is 2. The van der Waals surface area contributed by atoms with E-state index in [0.717, 1.165) is 10.6 Å². The molecule has 0 aliphatic rings. The van der Waals surface area contributed by atoms with E-state index < -0.39 is 17.9 Å². The minimum Gasteiger partial charge on any atom is -0.396 e. The molecule has 1 aromatic carbocycles. The molecular weight excluding hydrogens is 376 g/mol. The van der Waals surface area contributed by atoms with Crippen molar-refractivity contribution in [1.82, 2.24) is 15.6 Å². The highest BCUT2D eigenvalue weighted by atomic mass is 35.5. The van der Waals surface area contributed by atoms with Crippen molar-refractivity contribution in [2.75, 3.05) is 25.5 Å². The third-order valence-corrected chi connectivity index (χ3v) is 5.15. The third-order valence-electron chi connectivity index (χ3n) is 3.57. The number of likely N-dealkylation sites (N-methyl/N-ethyl adjacent to an activating group) is 1. The van der Waals surface area contributed by atoms with Gasteiger partial charge in [-0.25, -0.2) is 4.98 Å². The SMILES string of the molecule is CNCC(NC(=O)C(=O)Nc1ccc(Cl)cc1)c1nc(C)c(CCO)s1. The number of nitrogens with one attached hydrogen (secondary N) is 3. The number of aryl methyl sites for hydroxylation is 1. The van der Waals surface area contributed by atoms with Crippen LogP contribution < -0.4 is 16.0 Å². The molecule has 0 fully saturated rings. The molecular formula is C17H21ClN4O3S. The second-order valence-electron chi connectivity index (χ2n) is 5.58. The predicted molar refractivity (Wildman–Crippen MR) is 103 cm³/mol. The summed E-state index contributed by atoms with van der Waals surface area (Å²) in [6.45, 7) is 2.32.